The van der Waals surface area contributed by atoms with Gasteiger partial charge in [-0.1, -0.05) is 57.3 Å². The molecule has 0 aliphatic rings. The fraction of sp³-hybridized carbons (Fsp3) is 0.200. The highest BCUT2D eigenvalue weighted by molar-refractivity contribution is 9.09. The van der Waals surface area contributed by atoms with Crippen molar-refractivity contribution >= 4 is 39.1 Å². The monoisotopic (exact) mass is 360 g/mol. The maximum atomic E-state index is 13.0. The zero-order valence-corrected chi connectivity index (χ0v) is 13.1. The Balaban J connectivity index is 2.21. The average Bonchev–Trinajstić information content (AvgIpc) is 2.39. The van der Waals surface area contributed by atoms with Gasteiger partial charge in [-0.25, -0.2) is 4.39 Å². The summed E-state index contributed by atoms with van der Waals surface area (Å²) in [6.45, 7) is 0. The summed E-state index contributed by atoms with van der Waals surface area (Å²) in [5.41, 5.74) is 2.13. The van der Waals surface area contributed by atoms with Gasteiger partial charge in [-0.3, -0.25) is 0 Å². The summed E-state index contributed by atoms with van der Waals surface area (Å²) in [5, 5.41) is 2.00. The molecule has 100 valence electrons. The molecule has 19 heavy (non-hydrogen) atoms. The van der Waals surface area contributed by atoms with E-state index in [0.29, 0.717) is 5.02 Å². The number of halogens is 4. The molecule has 0 nitrogen and oxygen atoms in total. The third-order valence-corrected chi connectivity index (χ3v) is 4.39. The zero-order chi connectivity index (χ0) is 13.8. The van der Waals surface area contributed by atoms with Crippen molar-refractivity contribution in [2.45, 2.75) is 12.3 Å². The lowest BCUT2D eigenvalue weighted by molar-refractivity contribution is 0.626. The molecule has 0 aromatic heterocycles. The predicted octanol–water partition coefficient (Wildman–Crippen LogP) is 5.85. The van der Waals surface area contributed by atoms with Gasteiger partial charge in [-0.2, -0.15) is 0 Å². The normalized spacial score (nSPS) is 12.4. The molecule has 0 amide bonds. The highest BCUT2D eigenvalue weighted by Crippen LogP contribution is 2.28. The summed E-state index contributed by atoms with van der Waals surface area (Å²) in [5.74, 6) is -0.0316. The Morgan fingerprint density at radius 2 is 1.74 bits per heavy atom. The molecule has 0 fully saturated rings. The molecule has 4 heteroatoms. The lowest BCUT2D eigenvalue weighted by atomic mass is 9.94. The largest absolute Gasteiger partial charge is 0.207 e. The summed E-state index contributed by atoms with van der Waals surface area (Å²) < 4.78 is 13.0. The van der Waals surface area contributed by atoms with Gasteiger partial charge in [0.05, 0.1) is 0 Å². The van der Waals surface area contributed by atoms with E-state index in [1.54, 1.807) is 6.07 Å². The van der Waals surface area contributed by atoms with E-state index in [2.05, 4.69) is 15.9 Å². The Labute approximate surface area is 130 Å². The molecule has 2 aromatic carbocycles. The molecule has 0 spiro atoms. The maximum Gasteiger partial charge on any atom is 0.124 e. The van der Waals surface area contributed by atoms with Crippen molar-refractivity contribution < 1.29 is 4.39 Å². The average molecular weight is 362 g/mol. The molecule has 1 atom stereocenters. The van der Waals surface area contributed by atoms with Gasteiger partial charge < -0.3 is 0 Å². The van der Waals surface area contributed by atoms with E-state index in [9.17, 15) is 4.39 Å². The van der Waals surface area contributed by atoms with Gasteiger partial charge in [0.2, 0.25) is 0 Å². The van der Waals surface area contributed by atoms with Gasteiger partial charge >= 0.3 is 0 Å². The minimum atomic E-state index is -0.310. The first-order chi connectivity index (χ1) is 9.10. The summed E-state index contributed by atoms with van der Waals surface area (Å²) in [6, 6.07) is 12.3. The van der Waals surface area contributed by atoms with E-state index in [-0.39, 0.29) is 11.7 Å². The Morgan fingerprint density at radius 1 is 1.05 bits per heavy atom. The lowest BCUT2D eigenvalue weighted by Crippen LogP contribution is -2.05. The molecule has 0 saturated heterocycles. The second kappa shape index (κ2) is 6.74. The zero-order valence-electron chi connectivity index (χ0n) is 10.0. The highest BCUT2D eigenvalue weighted by Gasteiger charge is 2.13. The number of alkyl halides is 1. The minimum Gasteiger partial charge on any atom is -0.207 e. The van der Waals surface area contributed by atoms with Crippen molar-refractivity contribution in [3.63, 3.8) is 0 Å². The summed E-state index contributed by atoms with van der Waals surface area (Å²) >= 11 is 15.5. The summed E-state index contributed by atoms with van der Waals surface area (Å²) in [4.78, 5) is 0. The van der Waals surface area contributed by atoms with Crippen LogP contribution in [-0.2, 0) is 6.42 Å². The van der Waals surface area contributed by atoms with Crippen LogP contribution in [-0.4, -0.2) is 5.33 Å². The van der Waals surface area contributed by atoms with Crippen molar-refractivity contribution in [1.29, 1.82) is 0 Å². The number of benzene rings is 2. The summed E-state index contributed by atoms with van der Waals surface area (Å²) in [7, 11) is 0. The molecular weight excluding hydrogens is 350 g/mol. The van der Waals surface area contributed by atoms with E-state index >= 15 is 0 Å². The van der Waals surface area contributed by atoms with Crippen molar-refractivity contribution in [1.82, 2.24) is 0 Å². The molecular formula is C15H12BrCl2F. The van der Waals surface area contributed by atoms with Gasteiger partial charge in [0, 0.05) is 15.4 Å². The van der Waals surface area contributed by atoms with Crippen molar-refractivity contribution in [2.75, 3.05) is 5.33 Å². The van der Waals surface area contributed by atoms with Crippen LogP contribution in [0.25, 0.3) is 0 Å². The van der Waals surface area contributed by atoms with Gasteiger partial charge in [0.25, 0.3) is 0 Å². The molecule has 0 aliphatic heterocycles. The topological polar surface area (TPSA) is 0 Å². The quantitative estimate of drug-likeness (QED) is 0.599. The number of hydrogen-bond acceptors (Lipinski definition) is 0. The van der Waals surface area contributed by atoms with E-state index in [1.165, 1.54) is 17.7 Å². The third kappa shape index (κ3) is 3.95. The van der Waals surface area contributed by atoms with Gasteiger partial charge in [-0.05, 0) is 47.7 Å². The van der Waals surface area contributed by atoms with Crippen LogP contribution in [0.5, 0.6) is 0 Å². The second-order valence-corrected chi connectivity index (χ2v) is 5.83. The Kier molecular flexibility index (Phi) is 5.26. The molecule has 2 rings (SSSR count). The Bertz CT molecular complexity index is 555. The minimum absolute atomic E-state index is 0.278. The van der Waals surface area contributed by atoms with Crippen LogP contribution < -0.4 is 0 Å². The van der Waals surface area contributed by atoms with E-state index < -0.39 is 0 Å². The van der Waals surface area contributed by atoms with Crippen LogP contribution in [0.3, 0.4) is 0 Å². The molecule has 0 saturated carbocycles. The highest BCUT2D eigenvalue weighted by atomic mass is 79.9. The van der Waals surface area contributed by atoms with E-state index in [1.807, 2.05) is 24.3 Å². The van der Waals surface area contributed by atoms with Crippen molar-refractivity contribution in [3.05, 3.63) is 69.5 Å². The van der Waals surface area contributed by atoms with Crippen LogP contribution in [0.15, 0.2) is 42.5 Å². The Morgan fingerprint density at radius 3 is 2.32 bits per heavy atom. The smallest absolute Gasteiger partial charge is 0.124 e. The van der Waals surface area contributed by atoms with Crippen LogP contribution in [0.1, 0.15) is 17.0 Å². The van der Waals surface area contributed by atoms with Crippen molar-refractivity contribution in [2.24, 2.45) is 0 Å². The van der Waals surface area contributed by atoms with Crippen LogP contribution in [0.4, 0.5) is 4.39 Å². The number of hydrogen-bond donors (Lipinski definition) is 0. The molecule has 0 radical (unpaired) electrons. The fourth-order valence-electron chi connectivity index (χ4n) is 1.95. The molecule has 2 aromatic rings. The van der Waals surface area contributed by atoms with Gasteiger partial charge in [0.1, 0.15) is 5.82 Å². The maximum absolute atomic E-state index is 13.0. The molecule has 1 unspecified atom stereocenters. The molecule has 0 N–H and O–H groups in total. The standard InChI is InChI=1S/C15H12BrCl2F/c16-9-12(10-1-4-13(17)5-2-10)7-11-3-6-14(19)8-15(11)18/h1-6,8,12H,7,9H2. The first-order valence-corrected chi connectivity index (χ1v) is 7.73. The van der Waals surface area contributed by atoms with Crippen LogP contribution in [0.2, 0.25) is 10.0 Å². The SMILES string of the molecule is Fc1ccc(CC(CBr)c2ccc(Cl)cc2)c(Cl)c1. The van der Waals surface area contributed by atoms with Crippen LogP contribution >= 0.6 is 39.1 Å². The van der Waals surface area contributed by atoms with Gasteiger partial charge in [-0.15, -0.1) is 0 Å². The Hall–Kier alpha value is -0.570. The molecule has 0 heterocycles. The predicted molar refractivity (Wildman–Crippen MR) is 83.1 cm³/mol. The lowest BCUT2D eigenvalue weighted by Gasteiger charge is -2.15. The third-order valence-electron chi connectivity index (χ3n) is 3.01. The first kappa shape index (κ1) is 14.8. The molecule has 0 aliphatic carbocycles. The van der Waals surface area contributed by atoms with Gasteiger partial charge in [0.15, 0.2) is 0 Å². The van der Waals surface area contributed by atoms with Crippen LogP contribution in [0, 0.1) is 5.82 Å². The second-order valence-electron chi connectivity index (χ2n) is 4.34. The van der Waals surface area contributed by atoms with E-state index in [0.717, 1.165) is 22.3 Å². The molecule has 0 bridgehead atoms. The summed E-state index contributed by atoms with van der Waals surface area (Å²) in [6.07, 6.45) is 0.756. The fourth-order valence-corrected chi connectivity index (χ4v) is 2.92. The van der Waals surface area contributed by atoms with E-state index in [4.69, 9.17) is 23.2 Å². The number of rotatable bonds is 4. The first-order valence-electron chi connectivity index (χ1n) is 5.85. The van der Waals surface area contributed by atoms with Crippen molar-refractivity contribution in [3.8, 4) is 0 Å².